The van der Waals surface area contributed by atoms with Gasteiger partial charge < -0.3 is 10.1 Å². The van der Waals surface area contributed by atoms with Crippen molar-refractivity contribution in [3.05, 3.63) is 59.4 Å². The summed E-state index contributed by atoms with van der Waals surface area (Å²) in [5.41, 5.74) is 1.96. The largest absolute Gasteiger partial charge is 0.435 e. The van der Waals surface area contributed by atoms with Gasteiger partial charge in [0.15, 0.2) is 11.6 Å². The zero-order valence-electron chi connectivity index (χ0n) is 19.3. The van der Waals surface area contributed by atoms with Crippen molar-refractivity contribution in [2.75, 3.05) is 0 Å². The number of pyridine rings is 1. The van der Waals surface area contributed by atoms with Crippen molar-refractivity contribution < 1.29 is 27.1 Å². The van der Waals surface area contributed by atoms with E-state index in [-0.39, 0.29) is 40.6 Å². The number of hydrogen-bond acceptors (Lipinski definition) is 5. The number of fused-ring (bicyclic) bond motifs is 1. The summed E-state index contributed by atoms with van der Waals surface area (Å²) in [7, 11) is 0. The summed E-state index contributed by atoms with van der Waals surface area (Å²) >= 11 is 4.44. The average Bonchev–Trinajstić information content (AvgIpc) is 3.16. The molecule has 1 amide bonds. The van der Waals surface area contributed by atoms with Crippen molar-refractivity contribution in [2.45, 2.75) is 56.4 Å². The number of hydrogen-bond donors (Lipinski definition) is 2. The molecule has 190 valence electrons. The van der Waals surface area contributed by atoms with Gasteiger partial charge in [-0.2, -0.15) is 26.5 Å². The molecule has 5 rings (SSSR count). The van der Waals surface area contributed by atoms with Gasteiger partial charge in [-0.25, -0.2) is 18.4 Å². The first kappa shape index (κ1) is 24.6. The number of ether oxygens (including phenoxy) is 1. The maximum absolute atomic E-state index is 14.7. The SMILES string of the molecule is CC1(NC(=O)C2CCc3c(-c4cccc(OC(F)F)c4)nn(-c4ncc(F)cc4F)c3C2)CC(S)C1. The van der Waals surface area contributed by atoms with E-state index in [2.05, 4.69) is 32.8 Å². The summed E-state index contributed by atoms with van der Waals surface area (Å²) in [6.07, 6.45) is 3.71. The minimum absolute atomic E-state index is 0.0406. The molecule has 2 heterocycles. The Balaban J connectivity index is 1.52. The number of carbonyl (C=O) groups is 1. The molecule has 0 saturated heterocycles. The molecule has 1 saturated carbocycles. The van der Waals surface area contributed by atoms with Gasteiger partial charge in [0, 0.05) is 40.3 Å². The Morgan fingerprint density at radius 3 is 2.75 bits per heavy atom. The number of amides is 1. The van der Waals surface area contributed by atoms with Crippen LogP contribution in [-0.2, 0) is 17.6 Å². The van der Waals surface area contributed by atoms with Crippen molar-refractivity contribution in [2.24, 2.45) is 5.92 Å². The number of halogens is 4. The highest BCUT2D eigenvalue weighted by molar-refractivity contribution is 7.81. The zero-order valence-corrected chi connectivity index (χ0v) is 20.2. The molecule has 2 aliphatic carbocycles. The molecule has 1 aromatic carbocycles. The molecule has 3 aromatic rings. The van der Waals surface area contributed by atoms with Crippen LogP contribution in [0.15, 0.2) is 36.5 Å². The third-order valence-corrected chi connectivity index (χ3v) is 7.13. The Morgan fingerprint density at radius 2 is 2.06 bits per heavy atom. The molecule has 2 aliphatic rings. The highest BCUT2D eigenvalue weighted by Crippen LogP contribution is 2.38. The van der Waals surface area contributed by atoms with E-state index in [4.69, 9.17) is 0 Å². The smallest absolute Gasteiger partial charge is 0.387 e. The van der Waals surface area contributed by atoms with E-state index in [9.17, 15) is 22.4 Å². The van der Waals surface area contributed by atoms with Crippen molar-refractivity contribution >= 4 is 18.5 Å². The predicted molar refractivity (Wildman–Crippen MR) is 127 cm³/mol. The quantitative estimate of drug-likeness (QED) is 0.359. The van der Waals surface area contributed by atoms with Gasteiger partial charge in [0.2, 0.25) is 5.91 Å². The minimum Gasteiger partial charge on any atom is -0.435 e. The number of nitrogens with one attached hydrogen (secondary N) is 1. The van der Waals surface area contributed by atoms with Gasteiger partial charge in [-0.15, -0.1) is 0 Å². The summed E-state index contributed by atoms with van der Waals surface area (Å²) in [4.78, 5) is 17.0. The molecule has 6 nitrogen and oxygen atoms in total. The normalized spacial score (nSPS) is 23.2. The number of alkyl halides is 2. The fourth-order valence-electron chi connectivity index (χ4n) is 5.11. The molecule has 11 heteroatoms. The van der Waals surface area contributed by atoms with Crippen LogP contribution in [0.2, 0.25) is 0 Å². The third kappa shape index (κ3) is 4.80. The molecule has 0 aliphatic heterocycles. The van der Waals surface area contributed by atoms with Gasteiger partial charge in [0.05, 0.1) is 17.6 Å². The Hall–Kier alpha value is -3.08. The van der Waals surface area contributed by atoms with Crippen LogP contribution in [0.5, 0.6) is 5.75 Å². The van der Waals surface area contributed by atoms with E-state index < -0.39 is 18.2 Å². The molecule has 1 atom stereocenters. The van der Waals surface area contributed by atoms with Crippen LogP contribution in [-0.4, -0.2) is 38.1 Å². The molecule has 0 spiro atoms. The molecular formula is C25H24F4N4O2S. The van der Waals surface area contributed by atoms with E-state index in [0.717, 1.165) is 24.6 Å². The summed E-state index contributed by atoms with van der Waals surface area (Å²) in [5, 5.41) is 7.94. The lowest BCUT2D eigenvalue weighted by atomic mass is 9.77. The number of thiol groups is 1. The van der Waals surface area contributed by atoms with Crippen LogP contribution >= 0.6 is 12.6 Å². The maximum Gasteiger partial charge on any atom is 0.387 e. The Kier molecular flexibility index (Phi) is 6.44. The van der Waals surface area contributed by atoms with E-state index in [0.29, 0.717) is 35.9 Å². The molecular weight excluding hydrogens is 496 g/mol. The minimum atomic E-state index is -2.99. The van der Waals surface area contributed by atoms with E-state index in [1.165, 1.54) is 16.8 Å². The second-order valence-electron chi connectivity index (χ2n) is 9.60. The van der Waals surface area contributed by atoms with E-state index >= 15 is 0 Å². The van der Waals surface area contributed by atoms with Crippen LogP contribution in [0.4, 0.5) is 17.6 Å². The van der Waals surface area contributed by atoms with E-state index in [1.54, 1.807) is 12.1 Å². The summed E-state index contributed by atoms with van der Waals surface area (Å²) in [5.74, 6) is -2.46. The second kappa shape index (κ2) is 9.42. The molecule has 0 bridgehead atoms. The molecule has 1 N–H and O–H groups in total. The Morgan fingerprint density at radius 1 is 1.28 bits per heavy atom. The number of carbonyl (C=O) groups excluding carboxylic acids is 1. The molecule has 2 aromatic heterocycles. The van der Waals surface area contributed by atoms with Crippen molar-refractivity contribution in [3.63, 3.8) is 0 Å². The van der Waals surface area contributed by atoms with Gasteiger partial charge in [-0.1, -0.05) is 12.1 Å². The maximum atomic E-state index is 14.7. The Labute approximate surface area is 210 Å². The van der Waals surface area contributed by atoms with Crippen molar-refractivity contribution in [1.82, 2.24) is 20.1 Å². The van der Waals surface area contributed by atoms with E-state index in [1.807, 2.05) is 6.92 Å². The molecule has 1 unspecified atom stereocenters. The summed E-state index contributed by atoms with van der Waals surface area (Å²) in [6, 6.07) is 6.78. The fourth-order valence-corrected chi connectivity index (χ4v) is 5.91. The number of nitrogens with zero attached hydrogens (tertiary/aromatic N) is 3. The predicted octanol–water partition coefficient (Wildman–Crippen LogP) is 4.89. The van der Waals surface area contributed by atoms with Crippen molar-refractivity contribution in [3.8, 4) is 22.8 Å². The van der Waals surface area contributed by atoms with Gasteiger partial charge in [0.1, 0.15) is 11.6 Å². The number of rotatable bonds is 6. The van der Waals surface area contributed by atoms with Crippen LogP contribution in [0.1, 0.15) is 37.4 Å². The van der Waals surface area contributed by atoms with Crippen LogP contribution in [0.3, 0.4) is 0 Å². The Bertz CT molecular complexity index is 1310. The van der Waals surface area contributed by atoms with Crippen LogP contribution in [0.25, 0.3) is 17.1 Å². The summed E-state index contributed by atoms with van der Waals surface area (Å²) < 4.78 is 59.6. The van der Waals surface area contributed by atoms with Gasteiger partial charge >= 0.3 is 6.61 Å². The molecule has 1 fully saturated rings. The highest BCUT2D eigenvalue weighted by Gasteiger charge is 2.41. The first-order valence-corrected chi connectivity index (χ1v) is 12.1. The van der Waals surface area contributed by atoms with Crippen LogP contribution < -0.4 is 10.1 Å². The summed E-state index contributed by atoms with van der Waals surface area (Å²) in [6.45, 7) is -1.00. The first-order valence-electron chi connectivity index (χ1n) is 11.6. The first-order chi connectivity index (χ1) is 17.1. The van der Waals surface area contributed by atoms with Crippen molar-refractivity contribution in [1.29, 1.82) is 0 Å². The fraction of sp³-hybridized carbons (Fsp3) is 0.400. The second-order valence-corrected chi connectivity index (χ2v) is 10.3. The third-order valence-electron chi connectivity index (χ3n) is 6.76. The standard InChI is InChI=1S/C25H24F4N4O2S/c1-25(10-17(36)11-25)31-23(34)14-5-6-18-20(8-14)33(22-19(27)9-15(26)12-30-22)32-21(18)13-3-2-4-16(7-13)35-24(28)29/h2-4,7,9,12,14,17,24,36H,5-6,8,10-11H2,1H3,(H,31,34). The van der Waals surface area contributed by atoms with Crippen LogP contribution in [0, 0.1) is 17.6 Å². The lowest BCUT2D eigenvalue weighted by molar-refractivity contribution is -0.128. The topological polar surface area (TPSA) is 69.0 Å². The number of aromatic nitrogens is 3. The zero-order chi connectivity index (χ0) is 25.6. The van der Waals surface area contributed by atoms with Gasteiger partial charge in [-0.05, 0) is 44.7 Å². The number of benzene rings is 1. The lowest BCUT2D eigenvalue weighted by Gasteiger charge is -2.44. The highest BCUT2D eigenvalue weighted by atomic mass is 32.1. The average molecular weight is 521 g/mol. The van der Waals surface area contributed by atoms with Gasteiger partial charge in [0.25, 0.3) is 0 Å². The molecule has 0 radical (unpaired) electrons. The lowest BCUT2D eigenvalue weighted by Crippen LogP contribution is -2.57. The monoisotopic (exact) mass is 520 g/mol. The molecule has 36 heavy (non-hydrogen) atoms. The van der Waals surface area contributed by atoms with Gasteiger partial charge in [-0.3, -0.25) is 4.79 Å².